The number of halogens is 1. The zero-order valence-corrected chi connectivity index (χ0v) is 25.9. The molecule has 0 atom stereocenters. The van der Waals surface area contributed by atoms with E-state index < -0.39 is 29.1 Å². The second-order valence-corrected chi connectivity index (χ2v) is 12.5. The van der Waals surface area contributed by atoms with Crippen molar-refractivity contribution in [3.05, 3.63) is 98.6 Å². The Morgan fingerprint density at radius 1 is 1.02 bits per heavy atom. The summed E-state index contributed by atoms with van der Waals surface area (Å²) >= 11 is 0. The van der Waals surface area contributed by atoms with E-state index in [0.717, 1.165) is 14.9 Å². The highest BCUT2D eigenvalue weighted by atomic mass is 19.1. The van der Waals surface area contributed by atoms with Crippen LogP contribution >= 0.6 is 0 Å². The second kappa shape index (κ2) is 11.9. The molecule has 5 rings (SSSR count). The van der Waals surface area contributed by atoms with Crippen LogP contribution in [-0.2, 0) is 19.1 Å². The van der Waals surface area contributed by atoms with Gasteiger partial charge in [0.1, 0.15) is 29.7 Å². The van der Waals surface area contributed by atoms with Gasteiger partial charge < -0.3 is 20.3 Å². The number of aromatic nitrogens is 5. The third-order valence-electron chi connectivity index (χ3n) is 7.18. The molecule has 5 aromatic rings. The van der Waals surface area contributed by atoms with Crippen molar-refractivity contribution in [3.63, 3.8) is 0 Å². The summed E-state index contributed by atoms with van der Waals surface area (Å²) in [4.78, 5) is 30.6. The minimum Gasteiger partial charge on any atom is -0.489 e. The number of aliphatic hydroxyl groups is 2. The SMILES string of the molecule is Cn1nc(-c2cccc(-n3ncc4cc(C(C)(C)C)cc(F)c4c3=O)c2CO)c(Nc2ccc(OCC(C)(C)O)cn2)cc1=O. The van der Waals surface area contributed by atoms with Crippen LogP contribution in [0.1, 0.15) is 45.7 Å². The Morgan fingerprint density at radius 2 is 1.78 bits per heavy atom. The molecule has 0 radical (unpaired) electrons. The molecule has 45 heavy (non-hydrogen) atoms. The van der Waals surface area contributed by atoms with Crippen molar-refractivity contribution >= 4 is 22.3 Å². The number of fused-ring (bicyclic) bond motifs is 1. The van der Waals surface area contributed by atoms with E-state index in [9.17, 15) is 19.8 Å². The Kier molecular flexibility index (Phi) is 8.30. The minimum atomic E-state index is -1.02. The first-order valence-corrected chi connectivity index (χ1v) is 14.3. The van der Waals surface area contributed by atoms with Gasteiger partial charge in [-0.25, -0.2) is 14.1 Å². The van der Waals surface area contributed by atoms with Crippen molar-refractivity contribution < 1.29 is 19.3 Å². The van der Waals surface area contributed by atoms with Crippen LogP contribution in [0.5, 0.6) is 5.75 Å². The summed E-state index contributed by atoms with van der Waals surface area (Å²) in [5.74, 6) is 0.163. The third kappa shape index (κ3) is 6.61. The van der Waals surface area contributed by atoms with E-state index >= 15 is 4.39 Å². The molecule has 0 saturated heterocycles. The molecule has 3 heterocycles. The van der Waals surface area contributed by atoms with Crippen molar-refractivity contribution in [3.8, 4) is 22.7 Å². The maximum atomic E-state index is 15.4. The molecule has 0 aliphatic carbocycles. The van der Waals surface area contributed by atoms with E-state index in [1.165, 1.54) is 31.6 Å². The number of hydrogen-bond acceptors (Lipinski definition) is 9. The van der Waals surface area contributed by atoms with Gasteiger partial charge in [-0.1, -0.05) is 32.9 Å². The Morgan fingerprint density at radius 3 is 2.42 bits per heavy atom. The van der Waals surface area contributed by atoms with Crippen LogP contribution in [0.15, 0.2) is 70.5 Å². The summed E-state index contributed by atoms with van der Waals surface area (Å²) in [6, 6.07) is 12.7. The van der Waals surface area contributed by atoms with Crippen LogP contribution < -0.4 is 21.2 Å². The first-order chi connectivity index (χ1) is 21.2. The molecular formula is C33H35FN6O5. The number of benzene rings is 2. The van der Waals surface area contributed by atoms with Crippen LogP contribution in [0.3, 0.4) is 0 Å². The van der Waals surface area contributed by atoms with E-state index in [4.69, 9.17) is 4.74 Å². The van der Waals surface area contributed by atoms with Crippen molar-refractivity contribution in [2.75, 3.05) is 11.9 Å². The molecule has 0 saturated carbocycles. The van der Waals surface area contributed by atoms with Crippen molar-refractivity contribution in [2.45, 2.75) is 52.2 Å². The first kappa shape index (κ1) is 31.5. The van der Waals surface area contributed by atoms with Gasteiger partial charge in [0.05, 0.1) is 41.4 Å². The summed E-state index contributed by atoms with van der Waals surface area (Å²) in [5.41, 5.74) is -0.177. The molecule has 11 nitrogen and oxygen atoms in total. The number of rotatable bonds is 8. The summed E-state index contributed by atoms with van der Waals surface area (Å²) in [5, 5.41) is 32.6. The Hall–Kier alpha value is -4.94. The largest absolute Gasteiger partial charge is 0.489 e. The smallest absolute Gasteiger partial charge is 0.282 e. The summed E-state index contributed by atoms with van der Waals surface area (Å²) in [6.45, 7) is 8.68. The predicted octanol–water partition coefficient (Wildman–Crippen LogP) is 4.36. The second-order valence-electron chi connectivity index (χ2n) is 12.5. The van der Waals surface area contributed by atoms with Gasteiger partial charge in [-0.3, -0.25) is 9.59 Å². The molecule has 3 aromatic heterocycles. The van der Waals surface area contributed by atoms with Crippen molar-refractivity contribution in [1.29, 1.82) is 0 Å². The van der Waals surface area contributed by atoms with Gasteiger partial charge in [0.15, 0.2) is 0 Å². The lowest BCUT2D eigenvalue weighted by Gasteiger charge is -2.20. The monoisotopic (exact) mass is 614 g/mol. The van der Waals surface area contributed by atoms with Crippen LogP contribution in [0.25, 0.3) is 27.7 Å². The summed E-state index contributed by atoms with van der Waals surface area (Å²) in [7, 11) is 1.50. The Balaban J connectivity index is 1.59. The molecular weight excluding hydrogens is 579 g/mol. The predicted molar refractivity (Wildman–Crippen MR) is 170 cm³/mol. The molecule has 0 amide bonds. The molecule has 0 aliphatic rings. The molecule has 12 heteroatoms. The average Bonchev–Trinajstić information content (AvgIpc) is 2.97. The van der Waals surface area contributed by atoms with Gasteiger partial charge in [-0.15, -0.1) is 0 Å². The van der Waals surface area contributed by atoms with Crippen LogP contribution in [0.2, 0.25) is 0 Å². The molecule has 0 spiro atoms. The number of pyridine rings is 1. The maximum Gasteiger partial charge on any atom is 0.282 e. The fraction of sp³-hybridized carbons (Fsp3) is 0.303. The van der Waals surface area contributed by atoms with E-state index in [0.29, 0.717) is 33.9 Å². The Labute approximate surface area is 258 Å². The van der Waals surface area contributed by atoms with E-state index in [1.807, 2.05) is 20.8 Å². The number of ether oxygens (including phenoxy) is 1. The number of anilines is 2. The Bertz CT molecular complexity index is 2010. The van der Waals surface area contributed by atoms with Crippen LogP contribution in [-0.4, -0.2) is 47.0 Å². The molecule has 0 fully saturated rings. The molecule has 3 N–H and O–H groups in total. The van der Waals surface area contributed by atoms with Gasteiger partial charge in [-0.2, -0.15) is 14.9 Å². The van der Waals surface area contributed by atoms with E-state index in [2.05, 4.69) is 20.5 Å². The van der Waals surface area contributed by atoms with Gasteiger partial charge in [-0.05, 0) is 55.2 Å². The number of aliphatic hydroxyl groups excluding tert-OH is 1. The highest BCUT2D eigenvalue weighted by Crippen LogP contribution is 2.33. The van der Waals surface area contributed by atoms with Crippen LogP contribution in [0.4, 0.5) is 15.9 Å². The quantitative estimate of drug-likeness (QED) is 0.232. The molecule has 2 aromatic carbocycles. The molecule has 0 unspecified atom stereocenters. The topological polar surface area (TPSA) is 144 Å². The summed E-state index contributed by atoms with van der Waals surface area (Å²) < 4.78 is 23.1. The maximum absolute atomic E-state index is 15.4. The lowest BCUT2D eigenvalue weighted by molar-refractivity contribution is 0.0284. The van der Waals surface area contributed by atoms with Gasteiger partial charge >= 0.3 is 0 Å². The van der Waals surface area contributed by atoms with E-state index in [-0.39, 0.29) is 28.7 Å². The van der Waals surface area contributed by atoms with Gasteiger partial charge in [0, 0.05) is 29.6 Å². The zero-order chi connectivity index (χ0) is 32.7. The highest BCUT2D eigenvalue weighted by Gasteiger charge is 2.22. The third-order valence-corrected chi connectivity index (χ3v) is 7.18. The first-order valence-electron chi connectivity index (χ1n) is 14.3. The molecule has 0 bridgehead atoms. The number of hydrogen-bond donors (Lipinski definition) is 3. The standard InChI is InChI=1S/C33H35FN6O5/c1-32(2,3)20-12-19-15-36-40(31(43)29(19)24(34)13-20)26-9-7-8-22(23(26)17-41)30-25(14-28(42)39(6)38-30)37-27-11-10-21(16-35-27)45-18-33(4,5)44/h7-16,41,44H,17-18H2,1-6H3,(H,35,37). The molecule has 0 aliphatic heterocycles. The molecule has 234 valence electrons. The highest BCUT2D eigenvalue weighted by molar-refractivity contribution is 5.83. The zero-order valence-electron chi connectivity index (χ0n) is 25.9. The minimum absolute atomic E-state index is 0.0737. The van der Waals surface area contributed by atoms with Gasteiger partial charge in [0.2, 0.25) is 0 Å². The fourth-order valence-electron chi connectivity index (χ4n) is 4.77. The number of aryl methyl sites for hydroxylation is 1. The van der Waals surface area contributed by atoms with E-state index in [1.54, 1.807) is 50.2 Å². The number of nitrogens with zero attached hydrogens (tertiary/aromatic N) is 5. The normalized spacial score (nSPS) is 12.0. The van der Waals surface area contributed by atoms with Gasteiger partial charge in [0.25, 0.3) is 11.1 Å². The van der Waals surface area contributed by atoms with Crippen molar-refractivity contribution in [2.24, 2.45) is 7.05 Å². The average molecular weight is 615 g/mol. The van der Waals surface area contributed by atoms with Crippen LogP contribution in [0, 0.1) is 5.82 Å². The van der Waals surface area contributed by atoms with Crippen molar-refractivity contribution in [1.82, 2.24) is 24.5 Å². The lowest BCUT2D eigenvalue weighted by atomic mass is 9.86. The number of nitrogens with one attached hydrogen (secondary N) is 1. The fourth-order valence-corrected chi connectivity index (χ4v) is 4.77. The summed E-state index contributed by atoms with van der Waals surface area (Å²) in [6.07, 6.45) is 2.91. The lowest BCUT2D eigenvalue weighted by Crippen LogP contribution is -2.27.